The number of benzene rings is 1. The van der Waals surface area contributed by atoms with Crippen molar-refractivity contribution in [3.05, 3.63) is 51.7 Å². The number of hydrogen-bond acceptors (Lipinski definition) is 3. The van der Waals surface area contributed by atoms with Gasteiger partial charge in [-0.25, -0.2) is 0 Å². The molecule has 1 N–H and O–H groups in total. The van der Waals surface area contributed by atoms with E-state index in [1.165, 1.54) is 22.6 Å². The van der Waals surface area contributed by atoms with Crippen molar-refractivity contribution in [1.29, 1.82) is 0 Å². The number of thiophene rings is 1. The largest absolute Gasteiger partial charge is 0.573 e. The summed E-state index contributed by atoms with van der Waals surface area (Å²) < 4.78 is 40.8. The maximum Gasteiger partial charge on any atom is 0.573 e. The van der Waals surface area contributed by atoms with E-state index in [9.17, 15) is 13.2 Å². The molecule has 2 rings (SSSR count). The van der Waals surface area contributed by atoms with Crippen molar-refractivity contribution in [2.45, 2.75) is 26.4 Å². The molecule has 0 aliphatic rings. The number of nitrogens with one attached hydrogen (secondary N) is 1. The summed E-state index contributed by atoms with van der Waals surface area (Å²) in [7, 11) is 0. The molecule has 0 spiro atoms. The van der Waals surface area contributed by atoms with E-state index in [0.29, 0.717) is 18.7 Å². The van der Waals surface area contributed by atoms with Gasteiger partial charge < -0.3 is 10.1 Å². The first kappa shape index (κ1) is 14.9. The molecule has 20 heavy (non-hydrogen) atoms. The summed E-state index contributed by atoms with van der Waals surface area (Å²) >= 11 is 1.63. The minimum atomic E-state index is -4.67. The van der Waals surface area contributed by atoms with Crippen LogP contribution in [0, 0.1) is 6.92 Å². The molecule has 0 fully saturated rings. The van der Waals surface area contributed by atoms with Gasteiger partial charge >= 0.3 is 6.36 Å². The van der Waals surface area contributed by atoms with E-state index in [1.807, 2.05) is 18.4 Å². The van der Waals surface area contributed by atoms with Crippen LogP contribution in [0.25, 0.3) is 0 Å². The van der Waals surface area contributed by atoms with Gasteiger partial charge in [0.25, 0.3) is 0 Å². The third-order valence-electron chi connectivity index (χ3n) is 2.77. The van der Waals surface area contributed by atoms with Crippen LogP contribution >= 0.6 is 11.3 Å². The molecule has 1 heterocycles. The number of ether oxygens (including phenoxy) is 1. The highest BCUT2D eigenvalue weighted by Gasteiger charge is 2.31. The van der Waals surface area contributed by atoms with Crippen LogP contribution in [0.1, 0.15) is 16.0 Å². The number of rotatable bonds is 5. The van der Waals surface area contributed by atoms with E-state index in [-0.39, 0.29) is 5.75 Å². The molecule has 0 saturated heterocycles. The highest BCUT2D eigenvalue weighted by atomic mass is 32.1. The molecule has 6 heteroatoms. The lowest BCUT2D eigenvalue weighted by atomic mass is 10.2. The maximum absolute atomic E-state index is 12.3. The Bertz CT molecular complexity index is 566. The second-order valence-corrected chi connectivity index (χ2v) is 5.29. The fourth-order valence-corrected chi connectivity index (χ4v) is 2.65. The normalized spacial score (nSPS) is 11.6. The molecule has 0 amide bonds. The molecule has 2 nitrogen and oxygen atoms in total. The second-order valence-electron chi connectivity index (χ2n) is 4.29. The quantitative estimate of drug-likeness (QED) is 0.891. The average Bonchev–Trinajstić information content (AvgIpc) is 2.75. The standard InChI is InChI=1S/C14H14F3NOS/c1-10-6-7-20-13(10)9-18-8-11-4-2-3-5-12(11)19-14(15,16)17/h2-7,18H,8-9H2,1H3. The number of alkyl halides is 3. The minimum Gasteiger partial charge on any atom is -0.405 e. The summed E-state index contributed by atoms with van der Waals surface area (Å²) in [5.74, 6) is -0.157. The van der Waals surface area contributed by atoms with Crippen LogP contribution in [0.2, 0.25) is 0 Å². The second kappa shape index (κ2) is 6.28. The summed E-state index contributed by atoms with van der Waals surface area (Å²) in [5, 5.41) is 5.13. The molecule has 0 unspecified atom stereocenters. The van der Waals surface area contributed by atoms with Crippen molar-refractivity contribution < 1.29 is 17.9 Å². The number of para-hydroxylation sites is 1. The van der Waals surface area contributed by atoms with E-state index in [0.717, 1.165) is 0 Å². The predicted molar refractivity (Wildman–Crippen MR) is 72.7 cm³/mol. The maximum atomic E-state index is 12.3. The Morgan fingerprint density at radius 3 is 2.55 bits per heavy atom. The first-order chi connectivity index (χ1) is 9.46. The van der Waals surface area contributed by atoms with Crippen molar-refractivity contribution in [2.24, 2.45) is 0 Å². The van der Waals surface area contributed by atoms with Gasteiger partial charge in [-0.15, -0.1) is 24.5 Å². The zero-order valence-corrected chi connectivity index (χ0v) is 11.6. The molecule has 0 aliphatic heterocycles. The van der Waals surface area contributed by atoms with Gasteiger partial charge in [0.1, 0.15) is 5.75 Å². The Kier molecular flexibility index (Phi) is 4.67. The van der Waals surface area contributed by atoms with Gasteiger partial charge in [0.15, 0.2) is 0 Å². The summed E-state index contributed by atoms with van der Waals surface area (Å²) in [5.41, 5.74) is 1.67. The average molecular weight is 301 g/mol. The summed E-state index contributed by atoms with van der Waals surface area (Å²) in [6.45, 7) is 2.96. The van der Waals surface area contributed by atoms with Crippen molar-refractivity contribution in [3.8, 4) is 5.75 Å². The molecule has 108 valence electrons. The minimum absolute atomic E-state index is 0.157. The van der Waals surface area contributed by atoms with Crippen molar-refractivity contribution in [2.75, 3.05) is 0 Å². The highest BCUT2D eigenvalue weighted by molar-refractivity contribution is 7.10. The fraction of sp³-hybridized carbons (Fsp3) is 0.286. The van der Waals surface area contributed by atoms with Crippen LogP contribution in [0.5, 0.6) is 5.75 Å². The van der Waals surface area contributed by atoms with Gasteiger partial charge in [0, 0.05) is 23.5 Å². The van der Waals surface area contributed by atoms with Crippen molar-refractivity contribution in [3.63, 3.8) is 0 Å². The summed E-state index contributed by atoms with van der Waals surface area (Å²) in [4.78, 5) is 1.18. The van der Waals surface area contributed by atoms with Crippen molar-refractivity contribution in [1.82, 2.24) is 5.32 Å². The monoisotopic (exact) mass is 301 g/mol. The topological polar surface area (TPSA) is 21.3 Å². The van der Waals surface area contributed by atoms with E-state index in [1.54, 1.807) is 23.5 Å². The van der Waals surface area contributed by atoms with Crippen LogP contribution in [0.4, 0.5) is 13.2 Å². The van der Waals surface area contributed by atoms with Gasteiger partial charge in [0.05, 0.1) is 0 Å². The Morgan fingerprint density at radius 1 is 1.15 bits per heavy atom. The molecule has 0 atom stereocenters. The molecule has 0 radical (unpaired) electrons. The van der Waals surface area contributed by atoms with Gasteiger partial charge in [-0.1, -0.05) is 18.2 Å². The van der Waals surface area contributed by atoms with E-state index >= 15 is 0 Å². The van der Waals surface area contributed by atoms with Gasteiger partial charge in [-0.3, -0.25) is 0 Å². The Hall–Kier alpha value is -1.53. The molecule has 1 aromatic carbocycles. The van der Waals surface area contributed by atoms with Gasteiger partial charge in [-0.2, -0.15) is 0 Å². The van der Waals surface area contributed by atoms with E-state index in [4.69, 9.17) is 0 Å². The van der Waals surface area contributed by atoms with Crippen LogP contribution in [-0.4, -0.2) is 6.36 Å². The molecule has 0 aliphatic carbocycles. The van der Waals surface area contributed by atoms with Crippen LogP contribution in [0.3, 0.4) is 0 Å². The van der Waals surface area contributed by atoms with Crippen LogP contribution in [0.15, 0.2) is 35.7 Å². The van der Waals surface area contributed by atoms with Gasteiger partial charge in [0.2, 0.25) is 0 Å². The van der Waals surface area contributed by atoms with E-state index in [2.05, 4.69) is 10.1 Å². The third-order valence-corrected chi connectivity index (χ3v) is 3.79. The Morgan fingerprint density at radius 2 is 1.90 bits per heavy atom. The predicted octanol–water partition coefficient (Wildman–Crippen LogP) is 4.24. The Labute approximate surface area is 119 Å². The van der Waals surface area contributed by atoms with Crippen LogP contribution in [-0.2, 0) is 13.1 Å². The summed E-state index contributed by atoms with van der Waals surface area (Å²) in [6.07, 6.45) is -4.67. The molecule has 1 aromatic heterocycles. The third kappa shape index (κ3) is 4.25. The lowest BCUT2D eigenvalue weighted by molar-refractivity contribution is -0.274. The smallest absolute Gasteiger partial charge is 0.405 e. The van der Waals surface area contributed by atoms with Crippen molar-refractivity contribution >= 4 is 11.3 Å². The number of hydrogen-bond donors (Lipinski definition) is 1. The molecular formula is C14H14F3NOS. The molecule has 2 aromatic rings. The molecular weight excluding hydrogens is 287 g/mol. The highest BCUT2D eigenvalue weighted by Crippen LogP contribution is 2.26. The SMILES string of the molecule is Cc1ccsc1CNCc1ccccc1OC(F)(F)F. The van der Waals surface area contributed by atoms with Crippen LogP contribution < -0.4 is 10.1 Å². The Balaban J connectivity index is 1.97. The molecule has 0 saturated carbocycles. The zero-order chi connectivity index (χ0) is 14.6. The first-order valence-corrected chi connectivity index (χ1v) is 6.91. The summed E-state index contributed by atoms with van der Waals surface area (Å²) in [6, 6.07) is 8.17. The van der Waals surface area contributed by atoms with E-state index < -0.39 is 6.36 Å². The van der Waals surface area contributed by atoms with Gasteiger partial charge in [-0.05, 0) is 30.0 Å². The number of halogens is 3. The first-order valence-electron chi connectivity index (χ1n) is 6.03. The lowest BCUT2D eigenvalue weighted by Gasteiger charge is -2.13. The molecule has 0 bridgehead atoms. The lowest BCUT2D eigenvalue weighted by Crippen LogP contribution is -2.20. The fourth-order valence-electron chi connectivity index (χ4n) is 1.77. The zero-order valence-electron chi connectivity index (χ0n) is 10.8. The number of aryl methyl sites for hydroxylation is 1.